The number of benzene rings is 2. The van der Waals surface area contributed by atoms with Crippen molar-refractivity contribution in [2.45, 2.75) is 25.2 Å². The molecule has 0 saturated carbocycles. The minimum absolute atomic E-state index is 0.0528. The Hall–Kier alpha value is -2.82. The first-order valence-corrected chi connectivity index (χ1v) is 11.3. The van der Waals surface area contributed by atoms with E-state index in [-0.39, 0.29) is 35.1 Å². The second-order valence-corrected chi connectivity index (χ2v) is 8.93. The zero-order valence-corrected chi connectivity index (χ0v) is 18.1. The average Bonchev–Trinajstić information content (AvgIpc) is 2.75. The van der Waals surface area contributed by atoms with Crippen molar-refractivity contribution in [2.75, 3.05) is 36.9 Å². The molecule has 2 aromatic carbocycles. The maximum absolute atomic E-state index is 14.2. The number of ether oxygens (including phenoxy) is 1. The smallest absolute Gasteiger partial charge is 0.255 e. The molecule has 2 aromatic rings. The number of amides is 2. The van der Waals surface area contributed by atoms with Gasteiger partial charge in [0.05, 0.1) is 23.8 Å². The number of hydrogen-bond acceptors (Lipinski definition) is 5. The second-order valence-electron chi connectivity index (χ2n) is 7.02. The molecule has 1 aliphatic rings. The lowest BCUT2D eigenvalue weighted by atomic mass is 10.1. The maximum Gasteiger partial charge on any atom is 0.255 e. The standard InChI is InChI=1S/C21H24FN3O5S/c1-3-15-4-5-16(12-20(15)31(28,29)25-8-10-30-11-9-25)21(27)24-19-13-17(23-14(2)26)6-7-18(19)22/h4-7,12-13H,3,8-11H2,1-2H3,(H,23,26)(H,24,27). The number of carbonyl (C=O) groups is 2. The van der Waals surface area contributed by atoms with Gasteiger partial charge < -0.3 is 15.4 Å². The molecule has 8 nitrogen and oxygen atoms in total. The summed E-state index contributed by atoms with van der Waals surface area (Å²) in [5, 5.41) is 4.96. The zero-order valence-electron chi connectivity index (χ0n) is 17.3. The first-order chi connectivity index (χ1) is 14.7. The third kappa shape index (κ3) is 5.27. The number of rotatable bonds is 6. The summed E-state index contributed by atoms with van der Waals surface area (Å²) in [6.07, 6.45) is 0.466. The van der Waals surface area contributed by atoms with Crippen molar-refractivity contribution >= 4 is 33.2 Å². The molecule has 1 fully saturated rings. The van der Waals surface area contributed by atoms with Gasteiger partial charge in [-0.3, -0.25) is 9.59 Å². The van der Waals surface area contributed by atoms with Crippen LogP contribution in [0.5, 0.6) is 0 Å². The van der Waals surface area contributed by atoms with Gasteiger partial charge in [0, 0.05) is 31.3 Å². The van der Waals surface area contributed by atoms with Crippen LogP contribution < -0.4 is 10.6 Å². The van der Waals surface area contributed by atoms with Crippen molar-refractivity contribution in [2.24, 2.45) is 0 Å². The first-order valence-electron chi connectivity index (χ1n) is 9.81. The molecule has 0 aromatic heterocycles. The highest BCUT2D eigenvalue weighted by molar-refractivity contribution is 7.89. The Kier molecular flexibility index (Phi) is 7.04. The van der Waals surface area contributed by atoms with Crippen molar-refractivity contribution in [3.8, 4) is 0 Å². The number of hydrogen-bond donors (Lipinski definition) is 2. The lowest BCUT2D eigenvalue weighted by Gasteiger charge is -2.27. The molecule has 1 saturated heterocycles. The van der Waals surface area contributed by atoms with Gasteiger partial charge in [0.15, 0.2) is 0 Å². The van der Waals surface area contributed by atoms with Gasteiger partial charge in [-0.2, -0.15) is 4.31 Å². The minimum atomic E-state index is -3.81. The zero-order chi connectivity index (χ0) is 22.6. The van der Waals surface area contributed by atoms with Gasteiger partial charge in [0.2, 0.25) is 15.9 Å². The monoisotopic (exact) mass is 449 g/mol. The number of aryl methyl sites for hydroxylation is 1. The summed E-state index contributed by atoms with van der Waals surface area (Å²) in [6, 6.07) is 8.19. The number of nitrogens with one attached hydrogen (secondary N) is 2. The van der Waals surface area contributed by atoms with Crippen molar-refractivity contribution in [3.63, 3.8) is 0 Å². The molecule has 10 heteroatoms. The summed E-state index contributed by atoms with van der Waals surface area (Å²) in [6.45, 7) is 4.24. The summed E-state index contributed by atoms with van der Waals surface area (Å²) >= 11 is 0. The van der Waals surface area contributed by atoms with Gasteiger partial charge in [-0.05, 0) is 42.3 Å². The van der Waals surface area contributed by atoms with Gasteiger partial charge in [0.1, 0.15) is 5.82 Å². The molecule has 2 N–H and O–H groups in total. The molecular weight excluding hydrogens is 425 g/mol. The Bertz CT molecular complexity index is 1100. The van der Waals surface area contributed by atoms with E-state index in [1.54, 1.807) is 6.07 Å². The van der Waals surface area contributed by atoms with Crippen molar-refractivity contribution < 1.29 is 27.1 Å². The molecule has 1 aliphatic heterocycles. The van der Waals surface area contributed by atoms with Gasteiger partial charge in [-0.1, -0.05) is 13.0 Å². The Morgan fingerprint density at radius 2 is 1.81 bits per heavy atom. The molecule has 2 amide bonds. The van der Waals surface area contributed by atoms with Crippen LogP contribution in [0, 0.1) is 5.82 Å². The van der Waals surface area contributed by atoms with Crippen LogP contribution >= 0.6 is 0 Å². The summed E-state index contributed by atoms with van der Waals surface area (Å²) in [4.78, 5) is 24.0. The highest BCUT2D eigenvalue weighted by Crippen LogP contribution is 2.25. The lowest BCUT2D eigenvalue weighted by molar-refractivity contribution is -0.114. The first kappa shape index (κ1) is 22.9. The SMILES string of the molecule is CCc1ccc(C(=O)Nc2cc(NC(C)=O)ccc2F)cc1S(=O)(=O)N1CCOCC1. The Labute approximate surface area is 180 Å². The summed E-state index contributed by atoms with van der Waals surface area (Å²) in [7, 11) is -3.81. The van der Waals surface area contributed by atoms with Crippen LogP contribution in [0.1, 0.15) is 29.8 Å². The fourth-order valence-electron chi connectivity index (χ4n) is 3.25. The Morgan fingerprint density at radius 3 is 2.45 bits per heavy atom. The molecular formula is C21H24FN3O5S. The fraction of sp³-hybridized carbons (Fsp3) is 0.333. The van der Waals surface area contributed by atoms with Crippen LogP contribution in [-0.2, 0) is 26.0 Å². The number of anilines is 2. The van der Waals surface area contributed by atoms with Gasteiger partial charge >= 0.3 is 0 Å². The largest absolute Gasteiger partial charge is 0.379 e. The normalized spacial score (nSPS) is 14.8. The Balaban J connectivity index is 1.91. The number of carbonyl (C=O) groups excluding carboxylic acids is 2. The topological polar surface area (TPSA) is 105 Å². The molecule has 1 heterocycles. The van der Waals surface area contributed by atoms with Crippen molar-refractivity contribution in [3.05, 3.63) is 53.3 Å². The molecule has 0 atom stereocenters. The van der Waals surface area contributed by atoms with E-state index < -0.39 is 21.7 Å². The minimum Gasteiger partial charge on any atom is -0.379 e. The van der Waals surface area contributed by atoms with Gasteiger partial charge in [0.25, 0.3) is 5.91 Å². The Morgan fingerprint density at radius 1 is 1.10 bits per heavy atom. The molecule has 3 rings (SSSR count). The molecule has 0 aliphatic carbocycles. The molecule has 0 radical (unpaired) electrons. The van der Waals surface area contributed by atoms with Crippen molar-refractivity contribution in [1.29, 1.82) is 0 Å². The van der Waals surface area contributed by atoms with Gasteiger partial charge in [-0.25, -0.2) is 12.8 Å². The summed E-state index contributed by atoms with van der Waals surface area (Å²) in [5.41, 5.74) is 0.852. The summed E-state index contributed by atoms with van der Waals surface area (Å²) < 4.78 is 47.0. The molecule has 166 valence electrons. The quantitative estimate of drug-likeness (QED) is 0.706. The number of morpholine rings is 1. The molecule has 0 unspecified atom stereocenters. The highest BCUT2D eigenvalue weighted by Gasteiger charge is 2.29. The third-order valence-corrected chi connectivity index (χ3v) is 6.81. The van der Waals surface area contributed by atoms with Gasteiger partial charge in [-0.15, -0.1) is 0 Å². The van der Waals surface area contributed by atoms with E-state index in [4.69, 9.17) is 4.74 Å². The van der Waals surface area contributed by atoms with Crippen LogP contribution in [-0.4, -0.2) is 50.8 Å². The van der Waals surface area contributed by atoms with Crippen LogP contribution in [0.25, 0.3) is 0 Å². The second kappa shape index (κ2) is 9.54. The van der Waals surface area contributed by atoms with E-state index in [1.807, 2.05) is 6.92 Å². The van der Waals surface area contributed by atoms with E-state index in [0.29, 0.717) is 30.9 Å². The lowest BCUT2D eigenvalue weighted by Crippen LogP contribution is -2.41. The van der Waals surface area contributed by atoms with E-state index >= 15 is 0 Å². The molecule has 31 heavy (non-hydrogen) atoms. The number of halogens is 1. The van der Waals surface area contributed by atoms with E-state index in [2.05, 4.69) is 10.6 Å². The number of sulfonamides is 1. The van der Waals surface area contributed by atoms with Crippen LogP contribution in [0.3, 0.4) is 0 Å². The highest BCUT2D eigenvalue weighted by atomic mass is 32.2. The van der Waals surface area contributed by atoms with Crippen molar-refractivity contribution in [1.82, 2.24) is 4.31 Å². The number of nitrogens with zero attached hydrogens (tertiary/aromatic N) is 1. The van der Waals surface area contributed by atoms with E-state index in [1.165, 1.54) is 35.5 Å². The molecule has 0 spiro atoms. The van der Waals surface area contributed by atoms with E-state index in [0.717, 1.165) is 6.07 Å². The van der Waals surface area contributed by atoms with Crippen LogP contribution in [0.15, 0.2) is 41.3 Å². The predicted molar refractivity (Wildman–Crippen MR) is 114 cm³/mol. The van der Waals surface area contributed by atoms with Crippen LogP contribution in [0.2, 0.25) is 0 Å². The predicted octanol–water partition coefficient (Wildman–Crippen LogP) is 2.62. The average molecular weight is 450 g/mol. The third-order valence-electron chi connectivity index (χ3n) is 4.83. The fourth-order valence-corrected chi connectivity index (χ4v) is 4.98. The summed E-state index contributed by atoms with van der Waals surface area (Å²) in [5.74, 6) is -1.69. The maximum atomic E-state index is 14.2. The van der Waals surface area contributed by atoms with E-state index in [9.17, 15) is 22.4 Å². The molecule has 0 bridgehead atoms. The van der Waals surface area contributed by atoms with Crippen LogP contribution in [0.4, 0.5) is 15.8 Å².